The summed E-state index contributed by atoms with van der Waals surface area (Å²) in [4.78, 5) is 14.9. The minimum Gasteiger partial charge on any atom is -0.396 e. The Morgan fingerprint density at radius 1 is 1.43 bits per heavy atom. The fourth-order valence-corrected chi connectivity index (χ4v) is 2.31. The van der Waals surface area contributed by atoms with E-state index in [1.165, 1.54) is 6.07 Å². The Morgan fingerprint density at radius 2 is 2.19 bits per heavy atom. The largest absolute Gasteiger partial charge is 0.396 e. The van der Waals surface area contributed by atoms with Crippen LogP contribution in [0, 0.1) is 17.0 Å². The van der Waals surface area contributed by atoms with E-state index in [0.717, 1.165) is 35.1 Å². The molecule has 1 unspecified atom stereocenters. The van der Waals surface area contributed by atoms with Gasteiger partial charge in [-0.05, 0) is 38.8 Å². The highest BCUT2D eigenvalue weighted by molar-refractivity contribution is 5.93. The van der Waals surface area contributed by atoms with Crippen LogP contribution >= 0.6 is 0 Å². The molecule has 2 N–H and O–H groups in total. The van der Waals surface area contributed by atoms with E-state index >= 15 is 0 Å². The summed E-state index contributed by atoms with van der Waals surface area (Å²) < 4.78 is 0. The first kappa shape index (κ1) is 15.2. The Hall–Kier alpha value is -2.21. The van der Waals surface area contributed by atoms with Crippen molar-refractivity contribution in [3.63, 3.8) is 0 Å². The van der Waals surface area contributed by atoms with Crippen molar-refractivity contribution in [1.82, 2.24) is 4.98 Å². The summed E-state index contributed by atoms with van der Waals surface area (Å²) in [5.41, 5.74) is 2.48. The zero-order chi connectivity index (χ0) is 15.4. The highest BCUT2D eigenvalue weighted by atomic mass is 16.6. The molecule has 0 aliphatic carbocycles. The first-order valence-electron chi connectivity index (χ1n) is 6.94. The van der Waals surface area contributed by atoms with E-state index in [2.05, 4.69) is 10.3 Å². The van der Waals surface area contributed by atoms with Crippen LogP contribution in [0.3, 0.4) is 0 Å². The molecule has 21 heavy (non-hydrogen) atoms. The maximum Gasteiger partial charge on any atom is 0.270 e. The molecular formula is C15H19N3O3. The second-order valence-electron chi connectivity index (χ2n) is 5.18. The van der Waals surface area contributed by atoms with Gasteiger partial charge in [-0.25, -0.2) is 0 Å². The molecule has 0 saturated carbocycles. The molecule has 2 rings (SSSR count). The van der Waals surface area contributed by atoms with E-state index in [1.807, 2.05) is 19.9 Å². The van der Waals surface area contributed by atoms with E-state index in [1.54, 1.807) is 12.1 Å². The molecule has 6 heteroatoms. The molecule has 0 radical (unpaired) electrons. The molecule has 1 atom stereocenters. The molecule has 0 spiro atoms. The van der Waals surface area contributed by atoms with Crippen molar-refractivity contribution in [1.29, 1.82) is 0 Å². The van der Waals surface area contributed by atoms with Crippen LogP contribution in [0.1, 0.15) is 25.5 Å². The number of aliphatic hydroxyl groups is 1. The summed E-state index contributed by atoms with van der Waals surface area (Å²) in [5.74, 6) is 0. The minimum absolute atomic E-state index is 0.0548. The standard InChI is InChI=1S/C15H19N3O3/c1-10(4-3-7-19)16-15-8-11(2)17-14-6-5-12(18(20)21)9-13(14)15/h5-6,8-10,19H,3-4,7H2,1-2H3,(H,16,17). The number of anilines is 1. The van der Waals surface area contributed by atoms with Gasteiger partial charge in [0.05, 0.1) is 10.4 Å². The van der Waals surface area contributed by atoms with Gasteiger partial charge in [-0.15, -0.1) is 0 Å². The Kier molecular flexibility index (Phi) is 4.70. The number of nitro groups is 1. The van der Waals surface area contributed by atoms with E-state index < -0.39 is 4.92 Å². The van der Waals surface area contributed by atoms with Crippen molar-refractivity contribution in [2.75, 3.05) is 11.9 Å². The van der Waals surface area contributed by atoms with Gasteiger partial charge in [0.1, 0.15) is 0 Å². The lowest BCUT2D eigenvalue weighted by molar-refractivity contribution is -0.384. The van der Waals surface area contributed by atoms with Gasteiger partial charge >= 0.3 is 0 Å². The minimum atomic E-state index is -0.404. The molecular weight excluding hydrogens is 270 g/mol. The first-order valence-corrected chi connectivity index (χ1v) is 6.94. The van der Waals surface area contributed by atoms with E-state index in [9.17, 15) is 10.1 Å². The van der Waals surface area contributed by atoms with Crippen LogP contribution in [0.25, 0.3) is 10.9 Å². The van der Waals surface area contributed by atoms with Crippen LogP contribution < -0.4 is 5.32 Å². The van der Waals surface area contributed by atoms with Crippen molar-refractivity contribution in [2.24, 2.45) is 0 Å². The van der Waals surface area contributed by atoms with Gasteiger partial charge in [-0.2, -0.15) is 0 Å². The lowest BCUT2D eigenvalue weighted by atomic mass is 10.1. The number of aromatic nitrogens is 1. The van der Waals surface area contributed by atoms with Crippen LogP contribution in [0.4, 0.5) is 11.4 Å². The number of fused-ring (bicyclic) bond motifs is 1. The monoisotopic (exact) mass is 289 g/mol. The molecule has 1 aromatic heterocycles. The third kappa shape index (κ3) is 3.66. The molecule has 0 saturated heterocycles. The number of aryl methyl sites for hydroxylation is 1. The summed E-state index contributed by atoms with van der Waals surface area (Å²) in [6.45, 7) is 4.08. The summed E-state index contributed by atoms with van der Waals surface area (Å²) in [6.07, 6.45) is 1.55. The van der Waals surface area contributed by atoms with Crippen molar-refractivity contribution in [3.05, 3.63) is 40.1 Å². The molecule has 1 aromatic carbocycles. The second kappa shape index (κ2) is 6.49. The highest BCUT2D eigenvalue weighted by Crippen LogP contribution is 2.28. The van der Waals surface area contributed by atoms with Crippen LogP contribution in [0.15, 0.2) is 24.3 Å². The van der Waals surface area contributed by atoms with E-state index in [0.29, 0.717) is 0 Å². The summed E-state index contributed by atoms with van der Waals surface area (Å²) >= 11 is 0. The number of nitrogens with zero attached hydrogens (tertiary/aromatic N) is 2. The summed E-state index contributed by atoms with van der Waals surface area (Å²) in [5, 5.41) is 23.9. The van der Waals surface area contributed by atoms with Gasteiger partial charge in [0.25, 0.3) is 5.69 Å². The van der Waals surface area contributed by atoms with E-state index in [4.69, 9.17) is 5.11 Å². The Bertz CT molecular complexity index is 658. The lowest BCUT2D eigenvalue weighted by Crippen LogP contribution is -2.16. The number of non-ortho nitro benzene ring substituents is 1. The quantitative estimate of drug-likeness (QED) is 0.630. The maximum absolute atomic E-state index is 10.9. The number of hydrogen-bond acceptors (Lipinski definition) is 5. The van der Waals surface area contributed by atoms with Gasteiger partial charge < -0.3 is 10.4 Å². The number of pyridine rings is 1. The number of nitro benzene ring substituents is 1. The molecule has 112 valence electrons. The van der Waals surface area contributed by atoms with Crippen molar-refractivity contribution < 1.29 is 10.0 Å². The highest BCUT2D eigenvalue weighted by Gasteiger charge is 2.12. The smallest absolute Gasteiger partial charge is 0.270 e. The average molecular weight is 289 g/mol. The van der Waals surface area contributed by atoms with Gasteiger partial charge in [-0.3, -0.25) is 15.1 Å². The number of hydrogen-bond donors (Lipinski definition) is 2. The predicted molar refractivity (Wildman–Crippen MR) is 82.5 cm³/mol. The molecule has 6 nitrogen and oxygen atoms in total. The van der Waals surface area contributed by atoms with Crippen LogP contribution in [0.2, 0.25) is 0 Å². The summed E-state index contributed by atoms with van der Waals surface area (Å²) in [7, 11) is 0. The third-order valence-electron chi connectivity index (χ3n) is 3.33. The van der Waals surface area contributed by atoms with Gasteiger partial charge in [-0.1, -0.05) is 0 Å². The fourth-order valence-electron chi connectivity index (χ4n) is 2.31. The van der Waals surface area contributed by atoms with Gasteiger partial charge in [0, 0.05) is 41.5 Å². The average Bonchev–Trinajstić information content (AvgIpc) is 2.44. The molecule has 0 aliphatic rings. The normalized spacial score (nSPS) is 12.3. The number of nitrogens with one attached hydrogen (secondary N) is 1. The molecule has 2 aromatic rings. The van der Waals surface area contributed by atoms with Crippen molar-refractivity contribution in [3.8, 4) is 0 Å². The van der Waals surface area contributed by atoms with Gasteiger partial charge in [0.2, 0.25) is 0 Å². The van der Waals surface area contributed by atoms with Crippen LogP contribution in [-0.2, 0) is 0 Å². The molecule has 0 bridgehead atoms. The number of rotatable bonds is 6. The topological polar surface area (TPSA) is 88.3 Å². The maximum atomic E-state index is 10.9. The molecule has 1 heterocycles. The molecule has 0 aliphatic heterocycles. The summed E-state index contributed by atoms with van der Waals surface area (Å²) in [6, 6.07) is 6.74. The SMILES string of the molecule is Cc1cc(NC(C)CCCO)c2cc([N+](=O)[O-])ccc2n1. The second-order valence-corrected chi connectivity index (χ2v) is 5.18. The lowest BCUT2D eigenvalue weighted by Gasteiger charge is -2.17. The van der Waals surface area contributed by atoms with Crippen LogP contribution in [-0.4, -0.2) is 27.7 Å². The van der Waals surface area contributed by atoms with Crippen molar-refractivity contribution >= 4 is 22.3 Å². The molecule has 0 fully saturated rings. The Morgan fingerprint density at radius 3 is 2.86 bits per heavy atom. The number of aliphatic hydroxyl groups excluding tert-OH is 1. The predicted octanol–water partition coefficient (Wildman–Crippen LogP) is 3.02. The van der Waals surface area contributed by atoms with Crippen molar-refractivity contribution in [2.45, 2.75) is 32.7 Å². The number of benzene rings is 1. The zero-order valence-electron chi connectivity index (χ0n) is 12.2. The fraction of sp³-hybridized carbons (Fsp3) is 0.400. The van der Waals surface area contributed by atoms with Gasteiger partial charge in [0.15, 0.2) is 0 Å². The Labute approximate surface area is 123 Å². The van der Waals surface area contributed by atoms with E-state index in [-0.39, 0.29) is 18.3 Å². The third-order valence-corrected chi connectivity index (χ3v) is 3.33. The zero-order valence-corrected chi connectivity index (χ0v) is 12.2. The Balaban J connectivity index is 2.40. The molecule has 0 amide bonds. The van der Waals surface area contributed by atoms with Crippen LogP contribution in [0.5, 0.6) is 0 Å². The first-order chi connectivity index (χ1) is 10.0.